The maximum Gasteiger partial charge on any atom is 0.328 e. The molecule has 2 rings (SSSR count). The predicted octanol–water partition coefficient (Wildman–Crippen LogP) is 2.52. The Morgan fingerprint density at radius 1 is 0.809 bits per heavy atom. The van der Waals surface area contributed by atoms with E-state index in [0.29, 0.717) is 96.6 Å². The van der Waals surface area contributed by atoms with Gasteiger partial charge in [0.05, 0.1) is 43.2 Å². The van der Waals surface area contributed by atoms with Crippen LogP contribution in [-0.2, 0) is 40.0 Å². The van der Waals surface area contributed by atoms with Crippen molar-refractivity contribution in [2.24, 2.45) is 5.73 Å². The van der Waals surface area contributed by atoms with Gasteiger partial charge in [-0.15, -0.1) is 0 Å². The summed E-state index contributed by atoms with van der Waals surface area (Å²) in [7, 11) is 0. The van der Waals surface area contributed by atoms with Crippen LogP contribution in [0.1, 0.15) is 82.6 Å². The Bertz CT molecular complexity index is 1010. The number of aryl methyl sites for hydroxylation is 1. The number of carbonyl (C=O) groups is 3. The number of rotatable bonds is 26. The second-order valence-corrected chi connectivity index (χ2v) is 11.4. The van der Waals surface area contributed by atoms with Crippen molar-refractivity contribution < 1.29 is 54.4 Å². The normalized spacial score (nSPS) is 16.1. The van der Waals surface area contributed by atoms with Crippen LogP contribution in [0, 0.1) is 0 Å². The highest BCUT2D eigenvalue weighted by Gasteiger charge is 2.39. The van der Waals surface area contributed by atoms with Crippen molar-refractivity contribution >= 4 is 17.8 Å². The fourth-order valence-corrected chi connectivity index (χ4v) is 5.31. The Balaban J connectivity index is 2.02. The third-order valence-corrected chi connectivity index (χ3v) is 7.78. The van der Waals surface area contributed by atoms with Gasteiger partial charge in [-0.25, -0.2) is 4.79 Å². The molecule has 1 amide bonds. The van der Waals surface area contributed by atoms with E-state index in [0.717, 1.165) is 5.56 Å². The number of nitrogens with zero attached hydrogens (tertiary/aromatic N) is 3. The van der Waals surface area contributed by atoms with Gasteiger partial charge in [0.15, 0.2) is 0 Å². The summed E-state index contributed by atoms with van der Waals surface area (Å²) in [6.07, 6.45) is 7.33. The van der Waals surface area contributed by atoms with Crippen molar-refractivity contribution in [2.45, 2.75) is 102 Å². The number of likely N-dealkylation sites (tertiary alicyclic amines) is 1. The molecule has 268 valence electrons. The van der Waals surface area contributed by atoms with E-state index >= 15 is 0 Å². The SMILES string of the molecule is NCCCCC(NC(CCc1ccccc1)C(=O)OCCCCCON(O)O)C(=O)N1CCCC1C(=O)OCCCCCON(O)O. The van der Waals surface area contributed by atoms with Gasteiger partial charge in [0, 0.05) is 6.54 Å². The van der Waals surface area contributed by atoms with Crippen LogP contribution >= 0.6 is 0 Å². The molecule has 3 atom stereocenters. The van der Waals surface area contributed by atoms with Crippen molar-refractivity contribution in [1.29, 1.82) is 0 Å². The fraction of sp³-hybridized carbons (Fsp3) is 0.710. The fourth-order valence-electron chi connectivity index (χ4n) is 5.31. The highest BCUT2D eigenvalue weighted by Crippen LogP contribution is 2.22. The molecule has 16 nitrogen and oxygen atoms in total. The van der Waals surface area contributed by atoms with Gasteiger partial charge >= 0.3 is 11.9 Å². The number of nitrogens with one attached hydrogen (secondary N) is 1. The largest absolute Gasteiger partial charge is 0.465 e. The van der Waals surface area contributed by atoms with Crippen LogP contribution in [0.4, 0.5) is 0 Å². The van der Waals surface area contributed by atoms with Crippen molar-refractivity contribution in [2.75, 3.05) is 39.5 Å². The van der Waals surface area contributed by atoms with Gasteiger partial charge < -0.3 is 20.1 Å². The monoisotopic (exact) mass is 671 g/mol. The van der Waals surface area contributed by atoms with E-state index in [1.54, 1.807) is 4.90 Å². The molecule has 7 N–H and O–H groups in total. The van der Waals surface area contributed by atoms with E-state index in [1.165, 1.54) is 0 Å². The lowest BCUT2D eigenvalue weighted by Crippen LogP contribution is -2.54. The number of ether oxygens (including phenoxy) is 2. The van der Waals surface area contributed by atoms with Gasteiger partial charge in [-0.1, -0.05) is 36.8 Å². The molecule has 0 saturated carbocycles. The number of carbonyl (C=O) groups excluding carboxylic acids is 3. The molecule has 1 aromatic rings. The van der Waals surface area contributed by atoms with Gasteiger partial charge in [-0.3, -0.25) is 45.4 Å². The number of hydrogen-bond acceptors (Lipinski definition) is 15. The second-order valence-electron chi connectivity index (χ2n) is 11.4. The van der Waals surface area contributed by atoms with Gasteiger partial charge in [-0.2, -0.15) is 0 Å². The Kier molecular flexibility index (Phi) is 21.0. The van der Waals surface area contributed by atoms with Gasteiger partial charge in [-0.05, 0) is 89.2 Å². The molecule has 1 aliphatic rings. The van der Waals surface area contributed by atoms with E-state index in [-0.39, 0.29) is 43.1 Å². The minimum atomic E-state index is -0.775. The number of benzene rings is 1. The molecule has 0 aromatic heterocycles. The first kappa shape index (κ1) is 40.4. The Morgan fingerprint density at radius 2 is 1.43 bits per heavy atom. The summed E-state index contributed by atoms with van der Waals surface area (Å²) >= 11 is 0. The van der Waals surface area contributed by atoms with Crippen molar-refractivity contribution in [1.82, 2.24) is 21.0 Å². The Morgan fingerprint density at radius 3 is 2.04 bits per heavy atom. The molecule has 0 aliphatic carbocycles. The van der Waals surface area contributed by atoms with Gasteiger partial charge in [0.2, 0.25) is 5.91 Å². The van der Waals surface area contributed by atoms with E-state index < -0.39 is 30.1 Å². The topological polar surface area (TPSA) is 217 Å². The molecule has 0 radical (unpaired) electrons. The summed E-state index contributed by atoms with van der Waals surface area (Å²) in [6.45, 7) is 1.39. The second kappa shape index (κ2) is 24.4. The zero-order valence-corrected chi connectivity index (χ0v) is 27.1. The first-order valence-electron chi connectivity index (χ1n) is 16.5. The van der Waals surface area contributed by atoms with Crippen LogP contribution in [0.15, 0.2) is 30.3 Å². The maximum absolute atomic E-state index is 14.0. The lowest BCUT2D eigenvalue weighted by molar-refractivity contribution is -0.492. The number of hydrogen-bond donors (Lipinski definition) is 6. The minimum Gasteiger partial charge on any atom is -0.465 e. The van der Waals surface area contributed by atoms with Crippen LogP contribution in [-0.4, -0.2) is 112 Å². The number of esters is 2. The molecule has 47 heavy (non-hydrogen) atoms. The van der Waals surface area contributed by atoms with E-state index in [2.05, 4.69) is 15.0 Å². The Hall–Kier alpha value is -2.77. The van der Waals surface area contributed by atoms with Crippen LogP contribution in [0.5, 0.6) is 0 Å². The van der Waals surface area contributed by atoms with E-state index in [1.807, 2.05) is 30.3 Å². The first-order valence-corrected chi connectivity index (χ1v) is 16.5. The van der Waals surface area contributed by atoms with Crippen molar-refractivity contribution in [3.63, 3.8) is 0 Å². The zero-order valence-electron chi connectivity index (χ0n) is 27.1. The molecule has 0 bridgehead atoms. The standard InChI is InChI=1S/C31H53N5O11/c32-19-7-6-15-26(29(37)34-20-12-16-28(34)31(39)45-22-9-3-11-24-47-36(42)43)33-27(18-17-25-13-4-1-5-14-25)30(38)44-21-8-2-10-23-46-35(40)41/h1,4-5,13-14,26-28,33,40-43H,2-3,6-12,15-24,32H2. The van der Waals surface area contributed by atoms with E-state index in [4.69, 9.17) is 36.0 Å². The van der Waals surface area contributed by atoms with Crippen LogP contribution < -0.4 is 11.1 Å². The molecule has 0 spiro atoms. The summed E-state index contributed by atoms with van der Waals surface area (Å²) in [4.78, 5) is 50.9. The quantitative estimate of drug-likeness (QED) is 0.0474. The summed E-state index contributed by atoms with van der Waals surface area (Å²) in [5, 5.41) is 36.9. The highest BCUT2D eigenvalue weighted by molar-refractivity contribution is 5.89. The van der Waals surface area contributed by atoms with Gasteiger partial charge in [0.25, 0.3) is 0 Å². The van der Waals surface area contributed by atoms with Crippen LogP contribution in [0.3, 0.4) is 0 Å². The lowest BCUT2D eigenvalue weighted by atomic mass is 10.0. The predicted molar refractivity (Wildman–Crippen MR) is 165 cm³/mol. The molecule has 1 fully saturated rings. The highest BCUT2D eigenvalue weighted by atomic mass is 17.1. The summed E-state index contributed by atoms with van der Waals surface area (Å²) < 4.78 is 11.1. The molecule has 1 heterocycles. The molecule has 1 saturated heterocycles. The smallest absolute Gasteiger partial charge is 0.328 e. The third-order valence-electron chi connectivity index (χ3n) is 7.78. The minimum absolute atomic E-state index is 0.102. The summed E-state index contributed by atoms with van der Waals surface area (Å²) in [5.41, 5.74) is 6.77. The third kappa shape index (κ3) is 17.3. The molecule has 1 aromatic carbocycles. The van der Waals surface area contributed by atoms with Crippen LogP contribution in [0.2, 0.25) is 0 Å². The first-order chi connectivity index (χ1) is 22.7. The molecule has 1 aliphatic heterocycles. The summed E-state index contributed by atoms with van der Waals surface area (Å²) in [6, 6.07) is 7.48. The number of unbranched alkanes of at least 4 members (excludes halogenated alkanes) is 5. The summed E-state index contributed by atoms with van der Waals surface area (Å²) in [5.74, 6) is -1.21. The lowest BCUT2D eigenvalue weighted by Gasteiger charge is -2.30. The van der Waals surface area contributed by atoms with Crippen molar-refractivity contribution in [3.8, 4) is 0 Å². The van der Waals surface area contributed by atoms with E-state index in [9.17, 15) is 14.4 Å². The zero-order chi connectivity index (χ0) is 34.3. The van der Waals surface area contributed by atoms with Gasteiger partial charge in [0.1, 0.15) is 12.1 Å². The van der Waals surface area contributed by atoms with Crippen molar-refractivity contribution in [3.05, 3.63) is 35.9 Å². The number of amides is 1. The van der Waals surface area contributed by atoms with Crippen LogP contribution in [0.25, 0.3) is 0 Å². The average Bonchev–Trinajstić information content (AvgIpc) is 3.55. The molecule has 16 heteroatoms. The molecule has 3 unspecified atom stereocenters. The number of nitrogens with two attached hydrogens (primary N) is 1. The maximum atomic E-state index is 14.0. The molecular formula is C31H53N5O11. The molecular weight excluding hydrogens is 618 g/mol. The Labute approximate surface area is 276 Å². The average molecular weight is 672 g/mol.